The predicted molar refractivity (Wildman–Crippen MR) is 93.8 cm³/mol. The number of thiophene rings is 1. The van der Waals surface area contributed by atoms with E-state index in [1.807, 2.05) is 18.2 Å². The molecule has 1 aromatic carbocycles. The molecule has 0 spiro atoms. The Labute approximate surface area is 141 Å². The third kappa shape index (κ3) is 2.43. The number of amides is 1. The monoisotopic (exact) mass is 347 g/mol. The van der Waals surface area contributed by atoms with Crippen LogP contribution in [0.25, 0.3) is 21.0 Å². The smallest absolute Gasteiger partial charge is 0.263 e. The minimum absolute atomic E-state index is 0.0512. The van der Waals surface area contributed by atoms with Crippen LogP contribution in [0.5, 0.6) is 0 Å². The summed E-state index contributed by atoms with van der Waals surface area (Å²) in [4.78, 5) is 17.6. The van der Waals surface area contributed by atoms with Crippen molar-refractivity contribution in [3.8, 4) is 0 Å². The van der Waals surface area contributed by atoms with E-state index in [9.17, 15) is 4.79 Å². The molecule has 1 aliphatic rings. The highest BCUT2D eigenvalue weighted by Gasteiger charge is 2.26. The van der Waals surface area contributed by atoms with Gasteiger partial charge < -0.3 is 15.4 Å². The summed E-state index contributed by atoms with van der Waals surface area (Å²) in [6.45, 7) is 1.10. The van der Waals surface area contributed by atoms with Crippen molar-refractivity contribution in [3.63, 3.8) is 0 Å². The Balaban J connectivity index is 1.92. The number of hydrogen-bond donors (Lipinski definition) is 2. The number of hydrogen-bond acceptors (Lipinski definition) is 5. The quantitative estimate of drug-likeness (QED) is 0.698. The van der Waals surface area contributed by atoms with Crippen molar-refractivity contribution in [2.45, 2.75) is 6.04 Å². The van der Waals surface area contributed by atoms with E-state index in [1.54, 1.807) is 13.2 Å². The van der Waals surface area contributed by atoms with Gasteiger partial charge in [0.25, 0.3) is 5.91 Å². The Morgan fingerprint density at radius 2 is 2.26 bits per heavy atom. The number of nitrogens with one attached hydrogen (secondary N) is 2. The van der Waals surface area contributed by atoms with Crippen molar-refractivity contribution >= 4 is 55.5 Å². The Morgan fingerprint density at radius 3 is 3.09 bits per heavy atom. The highest BCUT2D eigenvalue weighted by Crippen LogP contribution is 2.40. The lowest BCUT2D eigenvalue weighted by atomic mass is 10.1. The fraction of sp³-hybridized carbons (Fsp3) is 0.250. The van der Waals surface area contributed by atoms with Gasteiger partial charge >= 0.3 is 0 Å². The van der Waals surface area contributed by atoms with Gasteiger partial charge in [-0.1, -0.05) is 11.6 Å². The van der Waals surface area contributed by atoms with E-state index < -0.39 is 0 Å². The van der Waals surface area contributed by atoms with Gasteiger partial charge in [0.1, 0.15) is 10.0 Å². The zero-order valence-corrected chi connectivity index (χ0v) is 13.9. The van der Waals surface area contributed by atoms with E-state index in [-0.39, 0.29) is 11.9 Å². The zero-order valence-electron chi connectivity index (χ0n) is 12.4. The average Bonchev–Trinajstić information content (AvgIpc) is 2.84. The third-order valence-corrected chi connectivity index (χ3v) is 5.29. The second-order valence-electron chi connectivity index (χ2n) is 5.45. The van der Waals surface area contributed by atoms with Gasteiger partial charge in [0.15, 0.2) is 0 Å². The minimum atomic E-state index is -0.0664. The maximum atomic E-state index is 12.5. The molecule has 1 atom stereocenters. The van der Waals surface area contributed by atoms with Crippen LogP contribution in [0.4, 0.5) is 5.69 Å². The van der Waals surface area contributed by atoms with Crippen LogP contribution in [0.2, 0.25) is 5.15 Å². The molecule has 3 heterocycles. The molecule has 1 aliphatic heterocycles. The number of anilines is 1. The van der Waals surface area contributed by atoms with Crippen LogP contribution < -0.4 is 10.6 Å². The molecule has 0 unspecified atom stereocenters. The van der Waals surface area contributed by atoms with Gasteiger partial charge in [-0.05, 0) is 24.3 Å². The molecular formula is C16H14ClN3O2S. The number of aromatic nitrogens is 1. The van der Waals surface area contributed by atoms with Crippen molar-refractivity contribution in [2.24, 2.45) is 0 Å². The summed E-state index contributed by atoms with van der Waals surface area (Å²) in [6.07, 6.45) is 0. The van der Waals surface area contributed by atoms with Gasteiger partial charge in [-0.3, -0.25) is 4.79 Å². The van der Waals surface area contributed by atoms with Gasteiger partial charge in [-0.15, -0.1) is 11.3 Å². The predicted octanol–water partition coefficient (Wildman–Crippen LogP) is 3.27. The lowest BCUT2D eigenvalue weighted by Crippen LogP contribution is -2.40. The molecule has 0 aliphatic carbocycles. The molecule has 3 aromatic rings. The Kier molecular flexibility index (Phi) is 3.60. The summed E-state index contributed by atoms with van der Waals surface area (Å²) in [7, 11) is 1.63. The van der Waals surface area contributed by atoms with Gasteiger partial charge in [-0.2, -0.15) is 0 Å². The van der Waals surface area contributed by atoms with Crippen LogP contribution >= 0.6 is 22.9 Å². The average molecular weight is 348 g/mol. The number of carbonyl (C=O) groups excluding carboxylic acids is 1. The van der Waals surface area contributed by atoms with E-state index in [0.717, 1.165) is 26.7 Å². The number of pyridine rings is 1. The highest BCUT2D eigenvalue weighted by molar-refractivity contribution is 7.21. The number of halogens is 1. The molecule has 4 rings (SSSR count). The largest absolute Gasteiger partial charge is 0.382 e. The van der Waals surface area contributed by atoms with Crippen LogP contribution in [0, 0.1) is 0 Å². The van der Waals surface area contributed by atoms with Gasteiger partial charge in [0.05, 0.1) is 23.9 Å². The molecule has 0 saturated heterocycles. The van der Waals surface area contributed by atoms with E-state index in [4.69, 9.17) is 16.3 Å². The molecule has 1 amide bonds. The van der Waals surface area contributed by atoms with Crippen molar-refractivity contribution < 1.29 is 9.53 Å². The number of benzene rings is 1. The Morgan fingerprint density at radius 1 is 1.39 bits per heavy atom. The van der Waals surface area contributed by atoms with Crippen molar-refractivity contribution in [2.75, 3.05) is 25.6 Å². The van der Waals surface area contributed by atoms with E-state index in [0.29, 0.717) is 23.2 Å². The first-order chi connectivity index (χ1) is 11.2. The summed E-state index contributed by atoms with van der Waals surface area (Å²) in [5.74, 6) is -0.0664. The number of carbonyl (C=O) groups is 1. The first kappa shape index (κ1) is 14.7. The molecule has 0 fully saturated rings. The summed E-state index contributed by atoms with van der Waals surface area (Å²) >= 11 is 7.47. The third-order valence-electron chi connectivity index (χ3n) is 3.92. The second-order valence-corrected chi connectivity index (χ2v) is 6.89. The Hall–Kier alpha value is -1.89. The number of fused-ring (bicyclic) bond motifs is 5. The van der Waals surface area contributed by atoms with Crippen molar-refractivity contribution in [3.05, 3.63) is 34.3 Å². The summed E-state index contributed by atoms with van der Waals surface area (Å²) < 4.78 is 6.21. The van der Waals surface area contributed by atoms with E-state index in [2.05, 4.69) is 15.6 Å². The zero-order chi connectivity index (χ0) is 16.0. The number of nitrogens with zero attached hydrogens (tertiary/aromatic N) is 1. The van der Waals surface area contributed by atoms with Crippen LogP contribution in [0.1, 0.15) is 9.67 Å². The fourth-order valence-corrected chi connectivity index (χ4v) is 4.19. The topological polar surface area (TPSA) is 63.2 Å². The molecule has 7 heteroatoms. The molecule has 5 nitrogen and oxygen atoms in total. The van der Waals surface area contributed by atoms with Gasteiger partial charge in [0, 0.05) is 29.1 Å². The highest BCUT2D eigenvalue weighted by atomic mass is 35.5. The lowest BCUT2D eigenvalue weighted by Gasteiger charge is -2.14. The molecule has 0 radical (unpaired) electrons. The lowest BCUT2D eigenvalue weighted by molar-refractivity contribution is 0.0912. The summed E-state index contributed by atoms with van der Waals surface area (Å²) in [5.41, 5.74) is 1.70. The Bertz CT molecular complexity index is 924. The normalized spacial score (nSPS) is 17.7. The second kappa shape index (κ2) is 5.63. The van der Waals surface area contributed by atoms with Gasteiger partial charge in [-0.25, -0.2) is 4.98 Å². The van der Waals surface area contributed by atoms with Crippen molar-refractivity contribution in [1.29, 1.82) is 0 Å². The van der Waals surface area contributed by atoms with Crippen molar-refractivity contribution in [1.82, 2.24) is 10.3 Å². The van der Waals surface area contributed by atoms with Crippen LogP contribution in [-0.4, -0.2) is 37.2 Å². The standard InChI is InChI=1S/C16H14ClN3O2S/c1-22-7-8-6-18-14-13-9-2-5-12(17)20-10(9)3-4-11(13)23-15(14)16(21)19-8/h2-5,8,18H,6-7H2,1H3,(H,19,21)/t8-/m0/s1. The number of ether oxygens (including phenoxy) is 1. The van der Waals surface area contributed by atoms with E-state index in [1.165, 1.54) is 11.3 Å². The molecule has 2 aromatic heterocycles. The molecule has 2 N–H and O–H groups in total. The maximum absolute atomic E-state index is 12.5. The molecule has 118 valence electrons. The van der Waals surface area contributed by atoms with Crippen LogP contribution in [0.15, 0.2) is 24.3 Å². The SMILES string of the molecule is COC[C@@H]1CNc2c(sc3ccc4nc(Cl)ccc4c23)C(=O)N1. The number of methoxy groups -OCH3 is 1. The first-order valence-electron chi connectivity index (χ1n) is 7.23. The summed E-state index contributed by atoms with van der Waals surface area (Å²) in [5, 5.41) is 8.89. The molecule has 0 saturated carbocycles. The van der Waals surface area contributed by atoms with Crippen LogP contribution in [0.3, 0.4) is 0 Å². The molecule has 0 bridgehead atoms. The molecule has 23 heavy (non-hydrogen) atoms. The molecular weight excluding hydrogens is 334 g/mol. The first-order valence-corrected chi connectivity index (χ1v) is 8.42. The van der Waals surface area contributed by atoms with Gasteiger partial charge in [0.2, 0.25) is 0 Å². The van der Waals surface area contributed by atoms with Crippen LogP contribution in [-0.2, 0) is 4.74 Å². The number of rotatable bonds is 2. The summed E-state index contributed by atoms with van der Waals surface area (Å²) in [6, 6.07) is 7.60. The minimum Gasteiger partial charge on any atom is -0.382 e. The van der Waals surface area contributed by atoms with E-state index >= 15 is 0 Å². The maximum Gasteiger partial charge on any atom is 0.263 e. The fourth-order valence-electron chi connectivity index (χ4n) is 2.93.